The second kappa shape index (κ2) is 5.56. The molecule has 0 saturated heterocycles. The van der Waals surface area contributed by atoms with E-state index >= 15 is 0 Å². The molecule has 1 amide bonds. The Hall–Kier alpha value is -1.00. The molecule has 1 aromatic carbocycles. The van der Waals surface area contributed by atoms with Gasteiger partial charge in [0.1, 0.15) is 0 Å². The van der Waals surface area contributed by atoms with Gasteiger partial charge < -0.3 is 10.0 Å². The molecule has 1 N–H and O–H groups in total. The topological polar surface area (TPSA) is 40.5 Å². The highest BCUT2D eigenvalue weighted by molar-refractivity contribution is 7.99. The molecule has 4 heteroatoms. The Balaban J connectivity index is 2.16. The first-order valence-corrected chi connectivity index (χ1v) is 6.87. The zero-order valence-electron chi connectivity index (χ0n) is 9.93. The van der Waals surface area contributed by atoms with Crippen LogP contribution in [-0.4, -0.2) is 41.4 Å². The molecule has 3 nitrogen and oxygen atoms in total. The van der Waals surface area contributed by atoms with Gasteiger partial charge in [-0.1, -0.05) is 18.2 Å². The number of likely N-dealkylation sites (N-methyl/N-ethyl adjacent to an activating group) is 1. The van der Waals surface area contributed by atoms with E-state index in [2.05, 4.69) is 6.07 Å². The van der Waals surface area contributed by atoms with Gasteiger partial charge in [-0.2, -0.15) is 0 Å². The molecule has 0 aliphatic carbocycles. The summed E-state index contributed by atoms with van der Waals surface area (Å²) in [6, 6.07) is 8.08. The number of fused-ring (bicyclic) bond motifs is 1. The number of benzene rings is 1. The van der Waals surface area contributed by atoms with E-state index in [0.717, 1.165) is 11.3 Å². The van der Waals surface area contributed by atoms with Gasteiger partial charge in [0.15, 0.2) is 0 Å². The summed E-state index contributed by atoms with van der Waals surface area (Å²) in [6.07, 6.45) is 0. The van der Waals surface area contributed by atoms with Crippen molar-refractivity contribution in [1.29, 1.82) is 0 Å². The minimum Gasteiger partial charge on any atom is -0.395 e. The summed E-state index contributed by atoms with van der Waals surface area (Å²) in [5.41, 5.74) is 1.14. The molecule has 1 aliphatic rings. The molecule has 0 aromatic heterocycles. The van der Waals surface area contributed by atoms with Crippen molar-refractivity contribution < 1.29 is 9.90 Å². The largest absolute Gasteiger partial charge is 0.395 e. The van der Waals surface area contributed by atoms with E-state index in [1.807, 2.05) is 25.1 Å². The highest BCUT2D eigenvalue weighted by Crippen LogP contribution is 2.40. The Morgan fingerprint density at radius 1 is 1.53 bits per heavy atom. The second-order valence-electron chi connectivity index (χ2n) is 4.04. The van der Waals surface area contributed by atoms with Gasteiger partial charge in [0.2, 0.25) is 5.91 Å². The average Bonchev–Trinajstić information content (AvgIpc) is 2.79. The van der Waals surface area contributed by atoms with Crippen molar-refractivity contribution in [2.24, 2.45) is 0 Å². The Morgan fingerprint density at radius 2 is 2.29 bits per heavy atom. The van der Waals surface area contributed by atoms with Crippen molar-refractivity contribution in [3.63, 3.8) is 0 Å². The molecule has 1 aliphatic heterocycles. The summed E-state index contributed by atoms with van der Waals surface area (Å²) in [5, 5.41) is 8.96. The van der Waals surface area contributed by atoms with Crippen LogP contribution < -0.4 is 0 Å². The molecule has 1 atom stereocenters. The number of amides is 1. The lowest BCUT2D eigenvalue weighted by atomic mass is 10.00. The molecule has 0 radical (unpaired) electrons. The lowest BCUT2D eigenvalue weighted by Crippen LogP contribution is -2.37. The van der Waals surface area contributed by atoms with Crippen molar-refractivity contribution in [2.75, 3.05) is 25.4 Å². The van der Waals surface area contributed by atoms with E-state index < -0.39 is 0 Å². The first-order chi connectivity index (χ1) is 8.27. The molecular weight excluding hydrogens is 234 g/mol. The minimum atomic E-state index is -0.0392. The monoisotopic (exact) mass is 251 g/mol. The van der Waals surface area contributed by atoms with E-state index in [0.29, 0.717) is 13.1 Å². The molecule has 17 heavy (non-hydrogen) atoms. The summed E-state index contributed by atoms with van der Waals surface area (Å²) in [7, 11) is 0. The van der Waals surface area contributed by atoms with Crippen LogP contribution in [0, 0.1) is 0 Å². The van der Waals surface area contributed by atoms with Gasteiger partial charge in [0.25, 0.3) is 0 Å². The number of aliphatic hydroxyl groups excluding tert-OH is 1. The highest BCUT2D eigenvalue weighted by Gasteiger charge is 2.31. The van der Waals surface area contributed by atoms with Gasteiger partial charge in [0.05, 0.1) is 12.5 Å². The van der Waals surface area contributed by atoms with Crippen molar-refractivity contribution in [1.82, 2.24) is 4.90 Å². The van der Waals surface area contributed by atoms with Gasteiger partial charge in [-0.05, 0) is 18.6 Å². The van der Waals surface area contributed by atoms with Crippen molar-refractivity contribution >= 4 is 17.7 Å². The fraction of sp³-hybridized carbons (Fsp3) is 0.462. The van der Waals surface area contributed by atoms with Crippen LogP contribution in [0.1, 0.15) is 18.4 Å². The van der Waals surface area contributed by atoms with Crippen molar-refractivity contribution in [3.8, 4) is 0 Å². The van der Waals surface area contributed by atoms with Crippen molar-refractivity contribution in [3.05, 3.63) is 29.8 Å². The summed E-state index contributed by atoms with van der Waals surface area (Å²) < 4.78 is 0. The van der Waals surface area contributed by atoms with Gasteiger partial charge in [-0.15, -0.1) is 11.8 Å². The number of rotatable bonds is 4. The first kappa shape index (κ1) is 12.5. The molecule has 0 fully saturated rings. The number of carbonyl (C=O) groups excluding carboxylic acids is 1. The number of hydrogen-bond acceptors (Lipinski definition) is 3. The summed E-state index contributed by atoms with van der Waals surface area (Å²) in [6.45, 7) is 3.06. The molecule has 0 bridgehead atoms. The smallest absolute Gasteiger partial charge is 0.231 e. The molecule has 0 saturated carbocycles. The van der Waals surface area contributed by atoms with Crippen LogP contribution in [0.4, 0.5) is 0 Å². The Kier molecular flexibility index (Phi) is 4.07. The average molecular weight is 251 g/mol. The predicted molar refractivity (Wildman–Crippen MR) is 69.2 cm³/mol. The molecule has 0 spiro atoms. The SMILES string of the molecule is CCN(CCO)C(=O)C1CSc2ccccc21. The third-order valence-electron chi connectivity index (χ3n) is 3.06. The normalized spacial score (nSPS) is 17.9. The lowest BCUT2D eigenvalue weighted by Gasteiger charge is -2.23. The van der Waals surface area contributed by atoms with Gasteiger partial charge >= 0.3 is 0 Å². The van der Waals surface area contributed by atoms with Crippen LogP contribution in [0.5, 0.6) is 0 Å². The van der Waals surface area contributed by atoms with Crippen LogP contribution in [0.25, 0.3) is 0 Å². The molecule has 92 valence electrons. The van der Waals surface area contributed by atoms with Crippen LogP contribution in [-0.2, 0) is 4.79 Å². The van der Waals surface area contributed by atoms with Crippen LogP contribution >= 0.6 is 11.8 Å². The van der Waals surface area contributed by atoms with Gasteiger partial charge in [-0.3, -0.25) is 4.79 Å². The van der Waals surface area contributed by atoms with Crippen molar-refractivity contribution in [2.45, 2.75) is 17.7 Å². The number of aliphatic hydroxyl groups is 1. The highest BCUT2D eigenvalue weighted by atomic mass is 32.2. The Morgan fingerprint density at radius 3 is 3.00 bits per heavy atom. The maximum Gasteiger partial charge on any atom is 0.231 e. The van der Waals surface area contributed by atoms with E-state index in [-0.39, 0.29) is 18.4 Å². The second-order valence-corrected chi connectivity index (χ2v) is 5.10. The summed E-state index contributed by atoms with van der Waals surface area (Å²) in [5.74, 6) is 0.918. The predicted octanol–water partition coefficient (Wildman–Crippen LogP) is 1.72. The van der Waals surface area contributed by atoms with E-state index in [1.54, 1.807) is 16.7 Å². The molecule has 2 rings (SSSR count). The zero-order valence-corrected chi connectivity index (χ0v) is 10.7. The first-order valence-electron chi connectivity index (χ1n) is 5.89. The molecule has 1 heterocycles. The summed E-state index contributed by atoms with van der Waals surface area (Å²) in [4.78, 5) is 15.3. The van der Waals surface area contributed by atoms with E-state index in [1.165, 1.54) is 4.90 Å². The standard InChI is InChI=1S/C13H17NO2S/c1-2-14(7-8-15)13(16)11-9-17-12-6-4-3-5-10(11)12/h3-6,11,15H,2,7-9H2,1H3. The van der Waals surface area contributed by atoms with Crippen LogP contribution in [0.2, 0.25) is 0 Å². The lowest BCUT2D eigenvalue weighted by molar-refractivity contribution is -0.132. The van der Waals surface area contributed by atoms with Crippen LogP contribution in [0.15, 0.2) is 29.2 Å². The number of nitrogens with zero attached hydrogens (tertiary/aromatic N) is 1. The van der Waals surface area contributed by atoms with Gasteiger partial charge in [-0.25, -0.2) is 0 Å². The van der Waals surface area contributed by atoms with E-state index in [4.69, 9.17) is 5.11 Å². The number of hydrogen-bond donors (Lipinski definition) is 1. The van der Waals surface area contributed by atoms with E-state index in [9.17, 15) is 4.79 Å². The minimum absolute atomic E-state index is 0.0289. The molecule has 1 unspecified atom stereocenters. The quantitative estimate of drug-likeness (QED) is 0.885. The number of carbonyl (C=O) groups is 1. The Bertz CT molecular complexity index is 408. The third-order valence-corrected chi connectivity index (χ3v) is 4.24. The number of thioether (sulfide) groups is 1. The third kappa shape index (κ3) is 2.48. The molecule has 1 aromatic rings. The summed E-state index contributed by atoms with van der Waals surface area (Å²) >= 11 is 1.74. The zero-order chi connectivity index (χ0) is 12.3. The maximum atomic E-state index is 12.3. The maximum absolute atomic E-state index is 12.3. The molecular formula is C13H17NO2S. The fourth-order valence-electron chi connectivity index (χ4n) is 2.13. The van der Waals surface area contributed by atoms with Crippen LogP contribution in [0.3, 0.4) is 0 Å². The fourth-order valence-corrected chi connectivity index (χ4v) is 3.35. The Labute approximate surface area is 106 Å². The van der Waals surface area contributed by atoms with Gasteiger partial charge in [0, 0.05) is 23.7 Å².